The van der Waals surface area contributed by atoms with Crippen molar-refractivity contribution in [3.63, 3.8) is 0 Å². The molecule has 0 aliphatic carbocycles. The monoisotopic (exact) mass is 730 g/mol. The Morgan fingerprint density at radius 1 is 0.642 bits per heavy atom. The van der Waals surface area contributed by atoms with Crippen LogP contribution in [0.3, 0.4) is 0 Å². The average molecular weight is 731 g/mol. The minimum Gasteiger partial charge on any atom is -0.508 e. The fourth-order valence-electron chi connectivity index (χ4n) is 6.59. The maximum atomic E-state index is 15.8. The van der Waals surface area contributed by atoms with Crippen LogP contribution in [0.25, 0.3) is 0 Å². The molecule has 0 saturated carbocycles. The van der Waals surface area contributed by atoms with Crippen molar-refractivity contribution in [2.24, 2.45) is 5.73 Å². The number of nitrogens with one attached hydrogen (secondary N) is 2. The van der Waals surface area contributed by atoms with Gasteiger partial charge in [-0.15, -0.1) is 0 Å². The molecule has 0 radical (unpaired) electrons. The molecule has 272 valence electrons. The van der Waals surface area contributed by atoms with Gasteiger partial charge in [0.25, 0.3) is 0 Å². The van der Waals surface area contributed by atoms with Crippen molar-refractivity contribution in [2.75, 3.05) is 12.3 Å². The van der Waals surface area contributed by atoms with Gasteiger partial charge < -0.3 is 31.5 Å². The van der Waals surface area contributed by atoms with Crippen molar-refractivity contribution in [3.05, 3.63) is 173 Å². The Kier molecular flexibility index (Phi) is 13.0. The zero-order chi connectivity index (χ0) is 37.8. The summed E-state index contributed by atoms with van der Waals surface area (Å²) in [5, 5.41) is 26.6. The van der Waals surface area contributed by atoms with E-state index in [1.165, 1.54) is 17.0 Å². The summed E-state index contributed by atoms with van der Waals surface area (Å²) in [7, 11) is 0. The van der Waals surface area contributed by atoms with Crippen molar-refractivity contribution >= 4 is 36.3 Å². The number of nitrogens with zero attached hydrogens (tertiary/aromatic N) is 1. The van der Waals surface area contributed by atoms with E-state index in [2.05, 4.69) is 23.3 Å². The van der Waals surface area contributed by atoms with Crippen LogP contribution in [0.5, 0.6) is 5.75 Å². The van der Waals surface area contributed by atoms with E-state index < -0.39 is 47.4 Å². The lowest BCUT2D eigenvalue weighted by atomic mass is 9.74. The number of hydrogen-bond donors (Lipinski definition) is 6. The van der Waals surface area contributed by atoms with Crippen LogP contribution in [0.15, 0.2) is 146 Å². The van der Waals surface area contributed by atoms with Gasteiger partial charge >= 0.3 is 5.97 Å². The van der Waals surface area contributed by atoms with E-state index in [1.54, 1.807) is 36.4 Å². The van der Waals surface area contributed by atoms with Gasteiger partial charge in [-0.1, -0.05) is 133 Å². The molecule has 10 nitrogen and oxygen atoms in total. The van der Waals surface area contributed by atoms with Gasteiger partial charge in [0.2, 0.25) is 17.7 Å². The van der Waals surface area contributed by atoms with Crippen molar-refractivity contribution in [1.29, 1.82) is 0 Å². The lowest BCUT2D eigenvalue weighted by Gasteiger charge is -2.49. The maximum absolute atomic E-state index is 15.8. The molecule has 6 N–H and O–H groups in total. The Morgan fingerprint density at radius 2 is 1.09 bits per heavy atom. The highest BCUT2D eigenvalue weighted by atomic mass is 32.1. The molecule has 0 aromatic heterocycles. The lowest BCUT2D eigenvalue weighted by Crippen LogP contribution is -2.64. The third-order valence-electron chi connectivity index (χ3n) is 9.05. The number of hydrogen-bond acceptors (Lipinski definition) is 7. The molecule has 3 amide bonds. The largest absolute Gasteiger partial charge is 0.508 e. The van der Waals surface area contributed by atoms with E-state index in [0.717, 1.165) is 0 Å². The molecular formula is C42H42N4O6S. The number of rotatable bonds is 16. The first-order valence-corrected chi connectivity index (χ1v) is 17.8. The van der Waals surface area contributed by atoms with Crippen molar-refractivity contribution in [2.45, 2.75) is 36.5 Å². The zero-order valence-corrected chi connectivity index (χ0v) is 29.8. The van der Waals surface area contributed by atoms with Gasteiger partial charge in [0.15, 0.2) is 0 Å². The molecule has 53 heavy (non-hydrogen) atoms. The van der Waals surface area contributed by atoms with Crippen LogP contribution in [-0.4, -0.2) is 69.2 Å². The molecular weight excluding hydrogens is 689 g/mol. The smallest absolute Gasteiger partial charge is 0.326 e. The fourth-order valence-corrected chi connectivity index (χ4v) is 6.85. The zero-order valence-electron chi connectivity index (χ0n) is 28.9. The normalized spacial score (nSPS) is 12.9. The van der Waals surface area contributed by atoms with E-state index in [4.69, 9.17) is 5.73 Å². The quantitative estimate of drug-likeness (QED) is 0.0652. The second kappa shape index (κ2) is 18.0. The van der Waals surface area contributed by atoms with E-state index in [-0.39, 0.29) is 30.9 Å². The molecule has 5 rings (SSSR count). The van der Waals surface area contributed by atoms with Gasteiger partial charge in [0.1, 0.15) is 29.4 Å². The van der Waals surface area contributed by atoms with E-state index >= 15 is 4.79 Å². The summed E-state index contributed by atoms with van der Waals surface area (Å²) in [5.74, 6) is -3.35. The number of phenolic OH excluding ortho intramolecular Hbond substituents is 1. The molecule has 0 aliphatic rings. The number of amides is 3. The van der Waals surface area contributed by atoms with Crippen LogP contribution < -0.4 is 16.4 Å². The van der Waals surface area contributed by atoms with Gasteiger partial charge in [0, 0.05) is 18.6 Å². The average Bonchev–Trinajstić information content (AvgIpc) is 3.19. The van der Waals surface area contributed by atoms with Gasteiger partial charge in [-0.25, -0.2) is 4.79 Å². The fraction of sp³-hybridized carbons (Fsp3) is 0.190. The lowest BCUT2D eigenvalue weighted by molar-refractivity contribution is -0.156. The first kappa shape index (κ1) is 38.3. The number of carboxylic acids is 1. The number of phenols is 1. The molecule has 0 heterocycles. The molecule has 11 heteroatoms. The molecule has 0 fully saturated rings. The summed E-state index contributed by atoms with van der Waals surface area (Å²) in [6, 6.07) is 38.9. The highest BCUT2D eigenvalue weighted by molar-refractivity contribution is 7.80. The molecule has 5 aromatic rings. The molecule has 0 spiro atoms. The number of benzene rings is 5. The number of thiol groups is 1. The van der Waals surface area contributed by atoms with Crippen molar-refractivity contribution in [3.8, 4) is 5.75 Å². The Bertz CT molecular complexity index is 1870. The summed E-state index contributed by atoms with van der Waals surface area (Å²) in [6.07, 6.45) is -0.153. The van der Waals surface area contributed by atoms with Crippen molar-refractivity contribution < 1.29 is 29.4 Å². The van der Waals surface area contributed by atoms with Crippen LogP contribution >= 0.6 is 12.6 Å². The third-order valence-corrected chi connectivity index (χ3v) is 9.42. The Morgan fingerprint density at radius 3 is 1.53 bits per heavy atom. The maximum Gasteiger partial charge on any atom is 0.326 e. The molecule has 3 atom stereocenters. The van der Waals surface area contributed by atoms with Crippen LogP contribution in [0, 0.1) is 0 Å². The van der Waals surface area contributed by atoms with Crippen LogP contribution in [0.2, 0.25) is 0 Å². The van der Waals surface area contributed by atoms with Crippen LogP contribution in [-0.2, 0) is 37.6 Å². The Balaban J connectivity index is 1.81. The van der Waals surface area contributed by atoms with Gasteiger partial charge in [-0.3, -0.25) is 14.4 Å². The third kappa shape index (κ3) is 8.94. The molecule has 2 unspecified atom stereocenters. The Hall–Kier alpha value is -5.91. The van der Waals surface area contributed by atoms with E-state index in [1.807, 2.05) is 97.1 Å². The minimum atomic E-state index is -1.55. The van der Waals surface area contributed by atoms with Crippen LogP contribution in [0.1, 0.15) is 27.8 Å². The number of carboxylic acid groups (broad SMARTS) is 1. The predicted octanol–water partition coefficient (Wildman–Crippen LogP) is 4.31. The molecule has 0 bridgehead atoms. The van der Waals surface area contributed by atoms with E-state index in [9.17, 15) is 24.6 Å². The number of nitrogens with two attached hydrogens (primary N) is 1. The van der Waals surface area contributed by atoms with Crippen molar-refractivity contribution in [1.82, 2.24) is 15.5 Å². The number of aromatic hydroxyl groups is 1. The second-order valence-corrected chi connectivity index (χ2v) is 12.9. The summed E-state index contributed by atoms with van der Waals surface area (Å²) < 4.78 is 0. The van der Waals surface area contributed by atoms with Gasteiger partial charge in [-0.2, -0.15) is 12.6 Å². The minimum absolute atomic E-state index is 0.00646. The van der Waals surface area contributed by atoms with Gasteiger partial charge in [-0.05, 0) is 39.9 Å². The first-order chi connectivity index (χ1) is 25.7. The second-order valence-electron chi connectivity index (χ2n) is 12.5. The standard InChI is InChI=1S/C42H42N4O6S/c43-27-38(48)44-36(28-53)39(49)45-35(25-30-21-23-34(47)24-22-30)40(50)46(37(41(51)52)26-29-13-5-1-6-14-29)42(31-15-7-2-8-16-31,32-17-9-3-10-18-32)33-19-11-4-12-20-33/h1-24,35-37,47,53H,25-28,43H2,(H,44,48)(H,45,49)(H,51,52)/t35?,36?,37-/m0/s1. The molecule has 5 aromatic carbocycles. The topological polar surface area (TPSA) is 162 Å². The number of carbonyl (C=O) groups excluding carboxylic acids is 3. The SMILES string of the molecule is NCC(=O)NC(CS)C(=O)NC(Cc1ccc(O)cc1)C(=O)N([C@@H](Cc1ccccc1)C(=O)O)C(c1ccccc1)(c1ccccc1)c1ccccc1. The summed E-state index contributed by atoms with van der Waals surface area (Å²) >= 11 is 4.28. The summed E-state index contributed by atoms with van der Waals surface area (Å²) in [5.41, 5.74) is 7.06. The highest BCUT2D eigenvalue weighted by Gasteiger charge is 2.51. The number of aliphatic carboxylic acids is 1. The van der Waals surface area contributed by atoms with E-state index in [0.29, 0.717) is 27.8 Å². The molecule has 0 saturated heterocycles. The first-order valence-electron chi connectivity index (χ1n) is 17.1. The number of carbonyl (C=O) groups is 4. The van der Waals surface area contributed by atoms with Gasteiger partial charge in [0.05, 0.1) is 6.54 Å². The predicted molar refractivity (Wildman–Crippen MR) is 206 cm³/mol. The van der Waals surface area contributed by atoms with Crippen LogP contribution in [0.4, 0.5) is 0 Å². The molecule has 0 aliphatic heterocycles. The Labute approximate surface area is 314 Å². The summed E-state index contributed by atoms with van der Waals surface area (Å²) in [4.78, 5) is 57.1. The summed E-state index contributed by atoms with van der Waals surface area (Å²) in [6.45, 7) is -0.366. The highest BCUT2D eigenvalue weighted by Crippen LogP contribution is 2.44.